The van der Waals surface area contributed by atoms with E-state index >= 15 is 0 Å². The van der Waals surface area contributed by atoms with Crippen molar-refractivity contribution in [3.8, 4) is 5.75 Å². The minimum Gasteiger partial charge on any atom is -0.471 e. The molecule has 1 aromatic carbocycles. The second kappa shape index (κ2) is 9.80. The molecule has 3 aromatic rings. The number of amides is 1. The van der Waals surface area contributed by atoms with Crippen LogP contribution in [0.5, 0.6) is 5.75 Å². The summed E-state index contributed by atoms with van der Waals surface area (Å²) in [5, 5.41) is 12.3. The molecule has 160 valence electrons. The molecule has 0 fully saturated rings. The van der Waals surface area contributed by atoms with Crippen LogP contribution in [0, 0.1) is 13.8 Å². The number of hydrogen-bond acceptors (Lipinski definition) is 4. The SMILES string of the molecule is Cc1nn(CCCNC(=O)c2ccn(COc3ccc(C(C)C)cc3)n2)c(C)c1Cl. The zero-order valence-electron chi connectivity index (χ0n) is 17.9. The van der Waals surface area contributed by atoms with E-state index in [0.29, 0.717) is 29.7 Å². The van der Waals surface area contributed by atoms with Crippen LogP contribution in [0.15, 0.2) is 36.5 Å². The van der Waals surface area contributed by atoms with Crippen molar-refractivity contribution in [3.05, 3.63) is 64.2 Å². The van der Waals surface area contributed by atoms with Crippen LogP contribution in [0.3, 0.4) is 0 Å². The minimum atomic E-state index is -0.207. The molecule has 8 heteroatoms. The van der Waals surface area contributed by atoms with Gasteiger partial charge in [-0.1, -0.05) is 37.6 Å². The van der Waals surface area contributed by atoms with Crippen LogP contribution in [-0.2, 0) is 13.3 Å². The quantitative estimate of drug-likeness (QED) is 0.514. The minimum absolute atomic E-state index is 0.207. The van der Waals surface area contributed by atoms with Crippen molar-refractivity contribution in [2.24, 2.45) is 0 Å². The van der Waals surface area contributed by atoms with Gasteiger partial charge >= 0.3 is 0 Å². The lowest BCUT2D eigenvalue weighted by Crippen LogP contribution is -2.26. The summed E-state index contributed by atoms with van der Waals surface area (Å²) in [5.74, 6) is 1.04. The molecule has 0 saturated carbocycles. The van der Waals surface area contributed by atoms with E-state index in [1.165, 1.54) is 5.56 Å². The predicted molar refractivity (Wildman–Crippen MR) is 117 cm³/mol. The fourth-order valence-corrected chi connectivity index (χ4v) is 3.19. The number of aryl methyl sites for hydroxylation is 2. The number of nitrogens with one attached hydrogen (secondary N) is 1. The fourth-order valence-electron chi connectivity index (χ4n) is 3.06. The number of rotatable bonds is 9. The number of hydrogen-bond donors (Lipinski definition) is 1. The smallest absolute Gasteiger partial charge is 0.271 e. The van der Waals surface area contributed by atoms with E-state index in [-0.39, 0.29) is 12.6 Å². The highest BCUT2D eigenvalue weighted by Gasteiger charge is 2.11. The van der Waals surface area contributed by atoms with Gasteiger partial charge in [0.25, 0.3) is 5.91 Å². The molecular weight excluding hydrogens is 402 g/mol. The number of halogens is 1. The van der Waals surface area contributed by atoms with Crippen molar-refractivity contribution in [2.75, 3.05) is 6.54 Å². The third-order valence-electron chi connectivity index (χ3n) is 4.91. The monoisotopic (exact) mass is 429 g/mol. The van der Waals surface area contributed by atoms with E-state index in [9.17, 15) is 4.79 Å². The highest BCUT2D eigenvalue weighted by atomic mass is 35.5. The van der Waals surface area contributed by atoms with E-state index in [0.717, 1.165) is 23.6 Å². The summed E-state index contributed by atoms with van der Waals surface area (Å²) in [4.78, 5) is 12.3. The molecule has 0 aliphatic carbocycles. The van der Waals surface area contributed by atoms with Crippen molar-refractivity contribution in [1.82, 2.24) is 24.9 Å². The second-order valence-corrected chi connectivity index (χ2v) is 7.93. The number of carbonyl (C=O) groups excluding carboxylic acids is 1. The summed E-state index contributed by atoms with van der Waals surface area (Å²) in [7, 11) is 0. The summed E-state index contributed by atoms with van der Waals surface area (Å²) in [6, 6.07) is 9.69. The van der Waals surface area contributed by atoms with Gasteiger partial charge in [-0.05, 0) is 49.9 Å². The molecule has 1 amide bonds. The second-order valence-electron chi connectivity index (χ2n) is 7.56. The Bertz CT molecular complexity index is 992. The molecule has 1 N–H and O–H groups in total. The van der Waals surface area contributed by atoms with E-state index in [2.05, 4.69) is 41.5 Å². The molecule has 0 radical (unpaired) electrons. The Morgan fingerprint density at radius 3 is 2.53 bits per heavy atom. The van der Waals surface area contributed by atoms with Crippen LogP contribution in [0.1, 0.15) is 53.6 Å². The lowest BCUT2D eigenvalue weighted by molar-refractivity contribution is 0.0945. The standard InChI is InChI=1S/C22H28ClN5O2/c1-15(2)18-6-8-19(9-7-18)30-14-27-13-10-20(26-27)22(29)24-11-5-12-28-17(4)21(23)16(3)25-28/h6-10,13,15H,5,11-12,14H2,1-4H3,(H,24,29). The van der Waals surface area contributed by atoms with Gasteiger partial charge in [0.15, 0.2) is 6.73 Å². The maximum atomic E-state index is 12.3. The Kier molecular flexibility index (Phi) is 7.15. The highest BCUT2D eigenvalue weighted by Crippen LogP contribution is 2.19. The van der Waals surface area contributed by atoms with Crippen LogP contribution in [-0.4, -0.2) is 32.0 Å². The zero-order chi connectivity index (χ0) is 21.7. The van der Waals surface area contributed by atoms with Crippen molar-refractivity contribution in [1.29, 1.82) is 0 Å². The summed E-state index contributed by atoms with van der Waals surface area (Å²) >= 11 is 6.15. The Balaban J connectivity index is 1.43. The molecule has 0 aliphatic heterocycles. The third kappa shape index (κ3) is 5.42. The molecule has 30 heavy (non-hydrogen) atoms. The Morgan fingerprint density at radius 1 is 1.17 bits per heavy atom. The first-order valence-electron chi connectivity index (χ1n) is 10.1. The van der Waals surface area contributed by atoms with Crippen molar-refractivity contribution < 1.29 is 9.53 Å². The number of benzene rings is 1. The molecule has 0 atom stereocenters. The van der Waals surface area contributed by atoms with Crippen molar-refractivity contribution in [3.63, 3.8) is 0 Å². The summed E-state index contributed by atoms with van der Waals surface area (Å²) in [5.41, 5.74) is 3.39. The van der Waals surface area contributed by atoms with Crippen LogP contribution in [0.2, 0.25) is 5.02 Å². The van der Waals surface area contributed by atoms with Crippen LogP contribution >= 0.6 is 11.6 Å². The maximum absolute atomic E-state index is 12.3. The van der Waals surface area contributed by atoms with Crippen molar-refractivity contribution >= 4 is 17.5 Å². The molecule has 7 nitrogen and oxygen atoms in total. The zero-order valence-corrected chi connectivity index (χ0v) is 18.6. The van der Waals surface area contributed by atoms with E-state index in [1.807, 2.05) is 30.7 Å². The van der Waals surface area contributed by atoms with Crippen molar-refractivity contribution in [2.45, 2.75) is 53.3 Å². The highest BCUT2D eigenvalue weighted by molar-refractivity contribution is 6.31. The molecule has 0 spiro atoms. The van der Waals surface area contributed by atoms with Gasteiger partial charge in [-0.15, -0.1) is 0 Å². The molecule has 2 heterocycles. The predicted octanol–water partition coefficient (Wildman–Crippen LogP) is 4.33. The van der Waals surface area contributed by atoms with Crippen LogP contribution in [0.4, 0.5) is 0 Å². The Hall–Kier alpha value is -2.80. The average Bonchev–Trinajstić information content (AvgIpc) is 3.30. The largest absolute Gasteiger partial charge is 0.471 e. The molecule has 0 unspecified atom stereocenters. The number of ether oxygens (including phenoxy) is 1. The van der Waals surface area contributed by atoms with Gasteiger partial charge in [0, 0.05) is 19.3 Å². The first kappa shape index (κ1) is 21.9. The lowest BCUT2D eigenvalue weighted by atomic mass is 10.0. The molecule has 2 aromatic heterocycles. The Morgan fingerprint density at radius 2 is 1.90 bits per heavy atom. The van der Waals surface area contributed by atoms with E-state index in [1.54, 1.807) is 16.9 Å². The van der Waals surface area contributed by atoms with Crippen LogP contribution in [0.25, 0.3) is 0 Å². The van der Waals surface area contributed by atoms with Gasteiger partial charge in [0.2, 0.25) is 0 Å². The summed E-state index contributed by atoms with van der Waals surface area (Å²) < 4.78 is 9.20. The Labute approximate surface area is 182 Å². The molecule has 3 rings (SSSR count). The van der Waals surface area contributed by atoms with Gasteiger partial charge in [-0.3, -0.25) is 9.48 Å². The van der Waals surface area contributed by atoms with Gasteiger partial charge in [0.1, 0.15) is 11.4 Å². The van der Waals surface area contributed by atoms with Crippen LogP contribution < -0.4 is 10.1 Å². The first-order valence-corrected chi connectivity index (χ1v) is 10.5. The topological polar surface area (TPSA) is 74.0 Å². The molecule has 0 aliphatic rings. The summed E-state index contributed by atoms with van der Waals surface area (Å²) in [6.45, 7) is 9.59. The number of nitrogens with zero attached hydrogens (tertiary/aromatic N) is 4. The lowest BCUT2D eigenvalue weighted by Gasteiger charge is -2.09. The molecule has 0 saturated heterocycles. The summed E-state index contributed by atoms with van der Waals surface area (Å²) in [6.07, 6.45) is 2.48. The van der Waals surface area contributed by atoms with Gasteiger partial charge in [-0.2, -0.15) is 10.2 Å². The third-order valence-corrected chi connectivity index (χ3v) is 5.46. The van der Waals surface area contributed by atoms with Gasteiger partial charge in [0.05, 0.1) is 16.4 Å². The number of carbonyl (C=O) groups is 1. The maximum Gasteiger partial charge on any atom is 0.271 e. The normalized spacial score (nSPS) is 11.1. The first-order chi connectivity index (χ1) is 14.3. The molecular formula is C22H28ClN5O2. The number of aromatic nitrogens is 4. The van der Waals surface area contributed by atoms with E-state index < -0.39 is 0 Å². The molecule has 0 bridgehead atoms. The average molecular weight is 430 g/mol. The van der Waals surface area contributed by atoms with E-state index in [4.69, 9.17) is 16.3 Å². The van der Waals surface area contributed by atoms with Gasteiger partial charge < -0.3 is 10.1 Å². The fraction of sp³-hybridized carbons (Fsp3) is 0.409. The van der Waals surface area contributed by atoms with Gasteiger partial charge in [-0.25, -0.2) is 4.68 Å².